The molecule has 1 fully saturated rings. The van der Waals surface area contributed by atoms with Gasteiger partial charge in [-0.1, -0.05) is 19.3 Å². The molecule has 19 heavy (non-hydrogen) atoms. The summed E-state index contributed by atoms with van der Waals surface area (Å²) >= 11 is 0. The minimum atomic E-state index is -3.47. The van der Waals surface area contributed by atoms with E-state index in [1.807, 2.05) is 0 Å². The average Bonchev–Trinajstić information content (AvgIpc) is 2.90. The predicted molar refractivity (Wildman–Crippen MR) is 73.2 cm³/mol. The second-order valence-electron chi connectivity index (χ2n) is 5.06. The average molecular weight is 286 g/mol. The maximum Gasteiger partial charge on any atom is 0.273 e. The smallest absolute Gasteiger partial charge is 0.273 e. The van der Waals surface area contributed by atoms with Crippen LogP contribution in [0.1, 0.15) is 37.9 Å². The fourth-order valence-electron chi connectivity index (χ4n) is 2.49. The van der Waals surface area contributed by atoms with Crippen LogP contribution in [0, 0.1) is 5.92 Å². The molecule has 108 valence electrons. The van der Waals surface area contributed by atoms with E-state index in [0.29, 0.717) is 12.3 Å². The molecule has 0 amide bonds. The first-order valence-electron chi connectivity index (χ1n) is 6.85. The molecule has 0 saturated heterocycles. The van der Waals surface area contributed by atoms with Crippen LogP contribution in [0.25, 0.3) is 0 Å². The summed E-state index contributed by atoms with van der Waals surface area (Å²) in [7, 11) is -2.09. The quantitative estimate of drug-likeness (QED) is 0.837. The SMILES string of the molecule is CNS(=O)(=O)c1ccc(CNCC2CCCCC2)o1. The summed E-state index contributed by atoms with van der Waals surface area (Å²) in [5.41, 5.74) is 0. The standard InChI is InChI=1S/C13H22N2O3S/c1-14-19(16,17)13-8-7-12(18-13)10-15-9-11-5-3-2-4-6-11/h7-8,11,14-15H,2-6,9-10H2,1H3. The van der Waals surface area contributed by atoms with Crippen LogP contribution in [0.5, 0.6) is 0 Å². The highest BCUT2D eigenvalue weighted by atomic mass is 32.2. The molecule has 1 aliphatic carbocycles. The van der Waals surface area contributed by atoms with Gasteiger partial charge in [-0.2, -0.15) is 0 Å². The maximum atomic E-state index is 11.5. The van der Waals surface area contributed by atoms with E-state index in [1.165, 1.54) is 45.2 Å². The summed E-state index contributed by atoms with van der Waals surface area (Å²) in [6.07, 6.45) is 6.62. The van der Waals surface area contributed by atoms with Crippen LogP contribution in [0.3, 0.4) is 0 Å². The zero-order chi connectivity index (χ0) is 13.7. The molecule has 1 aliphatic rings. The molecule has 0 atom stereocenters. The van der Waals surface area contributed by atoms with Gasteiger partial charge in [-0.25, -0.2) is 13.1 Å². The summed E-state index contributed by atoms with van der Waals surface area (Å²) in [6, 6.07) is 3.20. The highest BCUT2D eigenvalue weighted by molar-refractivity contribution is 7.89. The Kier molecular flexibility index (Phi) is 5.01. The van der Waals surface area contributed by atoms with Gasteiger partial charge in [0.05, 0.1) is 6.54 Å². The Labute approximate surface area is 114 Å². The van der Waals surface area contributed by atoms with Crippen LogP contribution < -0.4 is 10.0 Å². The van der Waals surface area contributed by atoms with Crippen molar-refractivity contribution in [3.05, 3.63) is 17.9 Å². The van der Waals surface area contributed by atoms with Crippen LogP contribution >= 0.6 is 0 Å². The van der Waals surface area contributed by atoms with E-state index in [4.69, 9.17) is 4.42 Å². The molecule has 0 bridgehead atoms. The molecule has 0 unspecified atom stereocenters. The highest BCUT2D eigenvalue weighted by Gasteiger charge is 2.17. The third kappa shape index (κ3) is 4.06. The lowest BCUT2D eigenvalue weighted by atomic mass is 9.89. The number of furan rings is 1. The van der Waals surface area contributed by atoms with Crippen molar-refractivity contribution in [1.29, 1.82) is 0 Å². The molecule has 2 rings (SSSR count). The lowest BCUT2D eigenvalue weighted by Gasteiger charge is -2.21. The molecular weight excluding hydrogens is 264 g/mol. The summed E-state index contributed by atoms with van der Waals surface area (Å²) < 4.78 is 30.6. The number of hydrogen-bond donors (Lipinski definition) is 2. The van der Waals surface area contributed by atoms with Gasteiger partial charge in [0.15, 0.2) is 0 Å². The first-order valence-corrected chi connectivity index (χ1v) is 8.33. The van der Waals surface area contributed by atoms with Crippen molar-refractivity contribution in [1.82, 2.24) is 10.0 Å². The van der Waals surface area contributed by atoms with E-state index in [1.54, 1.807) is 6.07 Å². The van der Waals surface area contributed by atoms with Crippen molar-refractivity contribution in [3.63, 3.8) is 0 Å². The van der Waals surface area contributed by atoms with E-state index < -0.39 is 10.0 Å². The molecule has 6 heteroatoms. The fraction of sp³-hybridized carbons (Fsp3) is 0.692. The van der Waals surface area contributed by atoms with Crippen molar-refractivity contribution in [2.24, 2.45) is 5.92 Å². The summed E-state index contributed by atoms with van der Waals surface area (Å²) in [5, 5.41) is 3.32. The summed E-state index contributed by atoms with van der Waals surface area (Å²) in [5.74, 6) is 1.41. The molecule has 2 N–H and O–H groups in total. The van der Waals surface area contributed by atoms with E-state index in [-0.39, 0.29) is 5.09 Å². The molecule has 1 aromatic heterocycles. The lowest BCUT2D eigenvalue weighted by molar-refractivity contribution is 0.331. The second kappa shape index (κ2) is 6.54. The Hall–Kier alpha value is -0.850. The van der Waals surface area contributed by atoms with Crippen LogP contribution in [0.2, 0.25) is 0 Å². The Morgan fingerprint density at radius 2 is 2.00 bits per heavy atom. The summed E-state index contributed by atoms with van der Waals surface area (Å²) in [6.45, 7) is 1.56. The molecule has 1 aromatic rings. The van der Waals surface area contributed by atoms with Crippen molar-refractivity contribution in [2.75, 3.05) is 13.6 Å². The minimum absolute atomic E-state index is 0.0236. The van der Waals surface area contributed by atoms with E-state index in [9.17, 15) is 8.42 Å². The van der Waals surface area contributed by atoms with Crippen molar-refractivity contribution in [3.8, 4) is 0 Å². The van der Waals surface area contributed by atoms with Gasteiger partial charge in [-0.3, -0.25) is 0 Å². The Bertz CT molecular complexity index is 490. The van der Waals surface area contributed by atoms with E-state index >= 15 is 0 Å². The molecule has 0 radical (unpaired) electrons. The second-order valence-corrected chi connectivity index (χ2v) is 6.88. The van der Waals surface area contributed by atoms with E-state index in [0.717, 1.165) is 12.5 Å². The van der Waals surface area contributed by atoms with Crippen molar-refractivity contribution in [2.45, 2.75) is 43.7 Å². The third-order valence-corrected chi connectivity index (χ3v) is 4.91. The zero-order valence-electron chi connectivity index (χ0n) is 11.3. The predicted octanol–water partition coefficient (Wildman–Crippen LogP) is 1.86. The van der Waals surface area contributed by atoms with Gasteiger partial charge in [0, 0.05) is 0 Å². The Morgan fingerprint density at radius 3 is 2.68 bits per heavy atom. The van der Waals surface area contributed by atoms with E-state index in [2.05, 4.69) is 10.0 Å². The topological polar surface area (TPSA) is 71.3 Å². The van der Waals surface area contributed by atoms with Crippen molar-refractivity contribution < 1.29 is 12.8 Å². The molecule has 0 aromatic carbocycles. The normalized spacial score (nSPS) is 17.7. The van der Waals surface area contributed by atoms with Gasteiger partial charge in [0.1, 0.15) is 5.76 Å². The number of rotatable bonds is 6. The van der Waals surface area contributed by atoms with Gasteiger partial charge in [0.25, 0.3) is 10.0 Å². The van der Waals surface area contributed by atoms with Gasteiger partial charge >= 0.3 is 0 Å². The molecule has 0 spiro atoms. The van der Waals surface area contributed by atoms with Crippen LogP contribution in [-0.4, -0.2) is 22.0 Å². The molecular formula is C13H22N2O3S. The number of hydrogen-bond acceptors (Lipinski definition) is 4. The fourth-order valence-corrected chi connectivity index (χ4v) is 3.15. The number of nitrogens with one attached hydrogen (secondary N) is 2. The van der Waals surface area contributed by atoms with Crippen LogP contribution in [-0.2, 0) is 16.6 Å². The molecule has 1 heterocycles. The first kappa shape index (κ1) is 14.6. The monoisotopic (exact) mass is 286 g/mol. The van der Waals surface area contributed by atoms with Crippen LogP contribution in [0.15, 0.2) is 21.6 Å². The minimum Gasteiger partial charge on any atom is -0.447 e. The first-order chi connectivity index (χ1) is 9.12. The number of sulfonamides is 1. The highest BCUT2D eigenvalue weighted by Crippen LogP contribution is 2.23. The lowest BCUT2D eigenvalue weighted by Crippen LogP contribution is -2.24. The van der Waals surface area contributed by atoms with Gasteiger partial charge in [-0.05, 0) is 44.5 Å². The zero-order valence-corrected chi connectivity index (χ0v) is 12.1. The molecule has 0 aliphatic heterocycles. The van der Waals surface area contributed by atoms with Crippen LogP contribution in [0.4, 0.5) is 0 Å². The molecule has 5 nitrogen and oxygen atoms in total. The maximum absolute atomic E-state index is 11.5. The Balaban J connectivity index is 1.80. The largest absolute Gasteiger partial charge is 0.447 e. The van der Waals surface area contributed by atoms with Gasteiger partial charge in [-0.15, -0.1) is 0 Å². The Morgan fingerprint density at radius 1 is 1.26 bits per heavy atom. The summed E-state index contributed by atoms with van der Waals surface area (Å²) in [4.78, 5) is 0. The van der Waals surface area contributed by atoms with Gasteiger partial charge in [0.2, 0.25) is 5.09 Å². The van der Waals surface area contributed by atoms with Gasteiger partial charge < -0.3 is 9.73 Å². The third-order valence-electron chi connectivity index (χ3n) is 3.63. The van der Waals surface area contributed by atoms with Crippen molar-refractivity contribution >= 4 is 10.0 Å². The molecule has 1 saturated carbocycles.